The number of para-hydroxylation sites is 1. The number of aromatic carboxylic acids is 1. The van der Waals surface area contributed by atoms with Gasteiger partial charge in [-0.05, 0) is 12.1 Å². The zero-order valence-electron chi connectivity index (χ0n) is 8.40. The molecule has 1 aromatic carbocycles. The van der Waals surface area contributed by atoms with Gasteiger partial charge in [0, 0.05) is 18.5 Å². The fourth-order valence-electron chi connectivity index (χ4n) is 1.68. The van der Waals surface area contributed by atoms with Crippen molar-refractivity contribution in [1.29, 1.82) is 0 Å². The smallest absolute Gasteiger partial charge is 0.352 e. The second kappa shape index (κ2) is 3.64. The van der Waals surface area contributed by atoms with Gasteiger partial charge in [0.25, 0.3) is 0 Å². The lowest BCUT2D eigenvalue weighted by atomic mass is 10.2. The summed E-state index contributed by atoms with van der Waals surface area (Å²) >= 11 is 5.96. The average molecular weight is 238 g/mol. The Balaban J connectivity index is 3.04. The minimum absolute atomic E-state index is 0.0781. The van der Waals surface area contributed by atoms with Crippen LogP contribution in [-0.2, 0) is 7.05 Å². The molecule has 0 bridgehead atoms. The molecule has 0 unspecified atom stereocenters. The predicted molar refractivity (Wildman–Crippen MR) is 61.2 cm³/mol. The normalized spacial score (nSPS) is 10.6. The molecule has 5 heteroatoms. The van der Waals surface area contributed by atoms with Crippen LogP contribution in [0.1, 0.15) is 10.5 Å². The average Bonchev–Trinajstić information content (AvgIpc) is 2.22. The highest BCUT2D eigenvalue weighted by atomic mass is 35.5. The molecule has 2 rings (SSSR count). The Morgan fingerprint density at radius 1 is 1.44 bits per heavy atom. The number of carbonyl (C=O) groups is 1. The maximum Gasteiger partial charge on any atom is 0.352 e. The van der Waals surface area contributed by atoms with Crippen LogP contribution in [0, 0.1) is 0 Å². The van der Waals surface area contributed by atoms with Crippen LogP contribution >= 0.6 is 11.6 Å². The second-order valence-corrected chi connectivity index (χ2v) is 3.80. The lowest BCUT2D eigenvalue weighted by Crippen LogP contribution is -2.15. The maximum atomic E-state index is 11.7. The van der Waals surface area contributed by atoms with E-state index in [4.69, 9.17) is 16.7 Å². The number of fused-ring (bicyclic) bond motifs is 1. The van der Waals surface area contributed by atoms with Crippen LogP contribution in [-0.4, -0.2) is 15.6 Å². The molecule has 0 saturated heterocycles. The van der Waals surface area contributed by atoms with Crippen molar-refractivity contribution in [3.63, 3.8) is 0 Å². The summed E-state index contributed by atoms with van der Waals surface area (Å²) < 4.78 is 1.40. The number of nitrogens with zero attached hydrogens (tertiary/aromatic N) is 1. The summed E-state index contributed by atoms with van der Waals surface area (Å²) in [6.07, 6.45) is 0. The quantitative estimate of drug-likeness (QED) is 0.824. The van der Waals surface area contributed by atoms with Crippen molar-refractivity contribution >= 4 is 28.5 Å². The molecule has 0 atom stereocenters. The molecule has 0 fully saturated rings. The Morgan fingerprint density at radius 2 is 2.12 bits per heavy atom. The third kappa shape index (κ3) is 1.47. The highest BCUT2D eigenvalue weighted by Crippen LogP contribution is 2.21. The Labute approximate surface area is 95.7 Å². The first kappa shape index (κ1) is 10.7. The second-order valence-electron chi connectivity index (χ2n) is 3.39. The summed E-state index contributed by atoms with van der Waals surface area (Å²) in [4.78, 5) is 22.6. The summed E-state index contributed by atoms with van der Waals surface area (Å²) in [5.41, 5.74) is 0.0210. The SMILES string of the molecule is Cn1c(C(=O)O)cc(=O)c2cccc(Cl)c21. The lowest BCUT2D eigenvalue weighted by molar-refractivity contribution is 0.0686. The van der Waals surface area contributed by atoms with Gasteiger partial charge in [-0.2, -0.15) is 0 Å². The fourth-order valence-corrected chi connectivity index (χ4v) is 1.98. The van der Waals surface area contributed by atoms with Gasteiger partial charge in [0.1, 0.15) is 5.69 Å². The number of benzene rings is 1. The Hall–Kier alpha value is -1.81. The van der Waals surface area contributed by atoms with E-state index in [9.17, 15) is 9.59 Å². The molecule has 0 aliphatic rings. The molecule has 1 N–H and O–H groups in total. The number of aryl methyl sites for hydroxylation is 1. The number of hydrogen-bond donors (Lipinski definition) is 1. The highest BCUT2D eigenvalue weighted by Gasteiger charge is 2.13. The van der Waals surface area contributed by atoms with Crippen molar-refractivity contribution in [2.45, 2.75) is 0 Å². The third-order valence-electron chi connectivity index (χ3n) is 2.44. The van der Waals surface area contributed by atoms with Crippen LogP contribution in [0.2, 0.25) is 5.02 Å². The molecule has 0 amide bonds. The van der Waals surface area contributed by atoms with E-state index in [0.29, 0.717) is 15.9 Å². The van der Waals surface area contributed by atoms with Crippen molar-refractivity contribution in [3.05, 3.63) is 45.2 Å². The topological polar surface area (TPSA) is 59.3 Å². The number of halogens is 1. The third-order valence-corrected chi connectivity index (χ3v) is 2.74. The van der Waals surface area contributed by atoms with Gasteiger partial charge in [-0.1, -0.05) is 17.7 Å². The van der Waals surface area contributed by atoms with Crippen LogP contribution in [0.4, 0.5) is 0 Å². The molecular formula is C11H8ClNO3. The number of hydrogen-bond acceptors (Lipinski definition) is 2. The van der Waals surface area contributed by atoms with Crippen LogP contribution < -0.4 is 5.43 Å². The van der Waals surface area contributed by atoms with E-state index in [2.05, 4.69) is 0 Å². The zero-order chi connectivity index (χ0) is 11.9. The molecule has 0 saturated carbocycles. The number of aromatic nitrogens is 1. The molecule has 0 radical (unpaired) electrons. The Bertz CT molecular complexity index is 645. The van der Waals surface area contributed by atoms with Crippen LogP contribution in [0.15, 0.2) is 29.1 Å². The van der Waals surface area contributed by atoms with Crippen molar-refractivity contribution < 1.29 is 9.90 Å². The highest BCUT2D eigenvalue weighted by molar-refractivity contribution is 6.35. The number of pyridine rings is 1. The molecule has 0 spiro atoms. The van der Waals surface area contributed by atoms with E-state index in [0.717, 1.165) is 6.07 Å². The van der Waals surface area contributed by atoms with Gasteiger partial charge in [-0.25, -0.2) is 4.79 Å². The summed E-state index contributed by atoms with van der Waals surface area (Å²) in [6, 6.07) is 6.00. The van der Waals surface area contributed by atoms with Gasteiger partial charge in [-0.3, -0.25) is 4.79 Å². The number of carboxylic acid groups (broad SMARTS) is 1. The molecule has 2 aromatic rings. The van der Waals surface area contributed by atoms with Crippen molar-refractivity contribution in [1.82, 2.24) is 4.57 Å². The summed E-state index contributed by atoms with van der Waals surface area (Å²) in [5.74, 6) is -1.15. The van der Waals surface area contributed by atoms with Gasteiger partial charge >= 0.3 is 5.97 Å². The summed E-state index contributed by atoms with van der Waals surface area (Å²) in [5, 5.41) is 9.72. The minimum atomic E-state index is -1.15. The molecule has 16 heavy (non-hydrogen) atoms. The maximum absolute atomic E-state index is 11.7. The predicted octanol–water partition coefficient (Wildman–Crippen LogP) is 1.89. The van der Waals surface area contributed by atoms with Gasteiger partial charge in [0.2, 0.25) is 0 Å². The van der Waals surface area contributed by atoms with Gasteiger partial charge in [0.05, 0.1) is 10.5 Å². The van der Waals surface area contributed by atoms with E-state index < -0.39 is 5.97 Å². The monoisotopic (exact) mass is 237 g/mol. The molecule has 0 aliphatic carbocycles. The van der Waals surface area contributed by atoms with E-state index in [1.165, 1.54) is 4.57 Å². The Kier molecular flexibility index (Phi) is 2.44. The van der Waals surface area contributed by atoms with Crippen molar-refractivity contribution in [3.8, 4) is 0 Å². The standard InChI is InChI=1S/C11H8ClNO3/c1-13-8(11(15)16)5-9(14)6-3-2-4-7(12)10(6)13/h2-5H,1H3,(H,15,16). The molecule has 0 aliphatic heterocycles. The van der Waals surface area contributed by atoms with Crippen molar-refractivity contribution in [2.75, 3.05) is 0 Å². The summed E-state index contributed by atoms with van der Waals surface area (Å²) in [7, 11) is 1.57. The molecule has 1 aromatic heterocycles. The van der Waals surface area contributed by atoms with E-state index in [1.54, 1.807) is 25.2 Å². The van der Waals surface area contributed by atoms with Crippen molar-refractivity contribution in [2.24, 2.45) is 7.05 Å². The molecular weight excluding hydrogens is 230 g/mol. The first-order chi connectivity index (χ1) is 7.52. The van der Waals surface area contributed by atoms with E-state index in [1.807, 2.05) is 0 Å². The van der Waals surface area contributed by atoms with Crippen LogP contribution in [0.25, 0.3) is 10.9 Å². The zero-order valence-corrected chi connectivity index (χ0v) is 9.15. The van der Waals surface area contributed by atoms with Crippen LogP contribution in [0.5, 0.6) is 0 Å². The number of rotatable bonds is 1. The first-order valence-electron chi connectivity index (χ1n) is 4.54. The fraction of sp³-hybridized carbons (Fsp3) is 0.0909. The van der Waals surface area contributed by atoms with Gasteiger partial charge < -0.3 is 9.67 Å². The lowest BCUT2D eigenvalue weighted by Gasteiger charge is -2.09. The first-order valence-corrected chi connectivity index (χ1v) is 4.91. The van der Waals surface area contributed by atoms with E-state index in [-0.39, 0.29) is 11.1 Å². The van der Waals surface area contributed by atoms with Crippen LogP contribution in [0.3, 0.4) is 0 Å². The Morgan fingerprint density at radius 3 is 2.75 bits per heavy atom. The largest absolute Gasteiger partial charge is 0.477 e. The van der Waals surface area contributed by atoms with Gasteiger partial charge in [0.15, 0.2) is 5.43 Å². The molecule has 1 heterocycles. The molecule has 4 nitrogen and oxygen atoms in total. The molecule has 82 valence electrons. The van der Waals surface area contributed by atoms with E-state index >= 15 is 0 Å². The summed E-state index contributed by atoms with van der Waals surface area (Å²) in [6.45, 7) is 0. The minimum Gasteiger partial charge on any atom is -0.477 e. The van der Waals surface area contributed by atoms with Gasteiger partial charge in [-0.15, -0.1) is 0 Å². The number of carboxylic acids is 1.